The van der Waals surface area contributed by atoms with Crippen molar-refractivity contribution in [1.82, 2.24) is 5.32 Å². The summed E-state index contributed by atoms with van der Waals surface area (Å²) in [5, 5.41) is 28.1. The third kappa shape index (κ3) is 9.64. The zero-order chi connectivity index (χ0) is 49.8. The Kier molecular flexibility index (Phi) is 14.1. The highest BCUT2D eigenvalue weighted by atomic mass is 16.6. The van der Waals surface area contributed by atoms with Gasteiger partial charge in [-0.15, -0.1) is 0 Å². The lowest BCUT2D eigenvalue weighted by molar-refractivity contribution is -0.350. The van der Waals surface area contributed by atoms with E-state index in [2.05, 4.69) is 5.32 Å². The van der Waals surface area contributed by atoms with Gasteiger partial charge in [0, 0.05) is 37.0 Å². The number of Topliss-reactive ketones (excluding diaryl/α,β-unsaturated/α-hetero) is 2. The Morgan fingerprint density at radius 1 is 0.985 bits per heavy atom. The Morgan fingerprint density at radius 2 is 1.63 bits per heavy atom. The third-order valence-corrected chi connectivity index (χ3v) is 14.2. The quantitative estimate of drug-likeness (QED) is 0.0975. The topological polar surface area (TPSA) is 323 Å². The van der Waals surface area contributed by atoms with Crippen molar-refractivity contribution in [2.75, 3.05) is 13.2 Å². The van der Waals surface area contributed by atoms with E-state index in [0.29, 0.717) is 12.8 Å². The molecule has 1 aromatic carbocycles. The van der Waals surface area contributed by atoms with Crippen LogP contribution in [0.4, 0.5) is 4.79 Å². The van der Waals surface area contributed by atoms with Crippen LogP contribution >= 0.6 is 0 Å². The molecule has 1 aromatic rings. The second-order valence-corrected chi connectivity index (χ2v) is 20.2. The molecule has 6 rings (SSSR count). The maximum Gasteiger partial charge on any atom is 0.408 e. The van der Waals surface area contributed by atoms with Crippen molar-refractivity contribution in [2.45, 2.75) is 147 Å². The number of aliphatic hydroxyl groups excluding tert-OH is 1. The molecule has 5 fully saturated rings. The van der Waals surface area contributed by atoms with E-state index in [1.165, 1.54) is 39.8 Å². The summed E-state index contributed by atoms with van der Waals surface area (Å²) < 4.78 is 40.3. The summed E-state index contributed by atoms with van der Waals surface area (Å²) >= 11 is 0. The van der Waals surface area contributed by atoms with Crippen LogP contribution in [0.3, 0.4) is 0 Å². The van der Waals surface area contributed by atoms with Gasteiger partial charge in [-0.25, -0.2) is 19.2 Å². The number of hydrogen-bond acceptors (Lipinski definition) is 19. The number of hydrogen-bond donors (Lipinski definition) is 5. The van der Waals surface area contributed by atoms with E-state index in [1.54, 1.807) is 39.0 Å². The number of fused-ring (bicyclic) bond motifs is 5. The number of ketones is 2. The molecule has 1 heterocycles. The van der Waals surface area contributed by atoms with Crippen molar-refractivity contribution < 1.29 is 86.5 Å². The van der Waals surface area contributed by atoms with Crippen molar-refractivity contribution >= 4 is 53.4 Å². The first-order valence-electron chi connectivity index (χ1n) is 22.2. The average molecular weight is 944 g/mol. The Hall–Kier alpha value is -5.51. The van der Waals surface area contributed by atoms with Gasteiger partial charge in [0.15, 0.2) is 12.2 Å². The highest BCUT2D eigenvalue weighted by Crippen LogP contribution is 2.64. The predicted molar refractivity (Wildman–Crippen MR) is 227 cm³/mol. The number of aliphatic hydroxyl groups is 2. The maximum atomic E-state index is 15.0. The number of ether oxygens (including phenoxy) is 7. The van der Waals surface area contributed by atoms with Gasteiger partial charge in [-0.1, -0.05) is 39.0 Å². The first-order valence-corrected chi connectivity index (χ1v) is 22.2. The summed E-state index contributed by atoms with van der Waals surface area (Å²) in [6, 6.07) is 4.93. The lowest BCUT2D eigenvalue weighted by atomic mass is 9.42. The summed E-state index contributed by atoms with van der Waals surface area (Å²) in [6.45, 7) is 10.2. The number of carbonyl (C=O) groups is 9. The maximum absolute atomic E-state index is 15.0. The van der Waals surface area contributed by atoms with E-state index in [4.69, 9.17) is 44.6 Å². The number of alkyl carbamates (subject to hydrolysis) is 1. The lowest BCUT2D eigenvalue weighted by Crippen LogP contribution is -2.82. The number of benzene rings is 1. The molecule has 21 nitrogen and oxygen atoms in total. The van der Waals surface area contributed by atoms with E-state index in [-0.39, 0.29) is 18.6 Å². The van der Waals surface area contributed by atoms with Gasteiger partial charge < -0.3 is 60.2 Å². The van der Waals surface area contributed by atoms with Gasteiger partial charge in [0.1, 0.15) is 29.5 Å². The van der Waals surface area contributed by atoms with Crippen molar-refractivity contribution in [3.05, 3.63) is 35.9 Å². The van der Waals surface area contributed by atoms with E-state index >= 15 is 4.79 Å². The molecule has 0 radical (unpaired) electrons. The van der Waals surface area contributed by atoms with Crippen LogP contribution in [-0.4, -0.2) is 136 Å². The molecule has 2 amide bonds. The Balaban J connectivity index is 1.43. The summed E-state index contributed by atoms with van der Waals surface area (Å²) in [6.07, 6.45) is -9.79. The highest BCUT2D eigenvalue weighted by molar-refractivity contribution is 6.40. The molecule has 67 heavy (non-hydrogen) atoms. The first kappa shape index (κ1) is 50.9. The van der Waals surface area contributed by atoms with Gasteiger partial charge in [0.25, 0.3) is 0 Å². The van der Waals surface area contributed by atoms with Gasteiger partial charge in [-0.2, -0.15) is 0 Å². The van der Waals surface area contributed by atoms with Crippen molar-refractivity contribution in [3.63, 3.8) is 0 Å². The Bertz CT molecular complexity index is 2170. The third-order valence-electron chi connectivity index (χ3n) is 14.2. The molecule has 0 aromatic heterocycles. The normalized spacial score (nSPS) is 33.2. The molecule has 4 saturated carbocycles. The Morgan fingerprint density at radius 3 is 2.18 bits per heavy atom. The SMILES string of the molecule is CC(=O)OC12COC1CC(O)C1(C)C(=O)C(=O)C3C(C)C(OC(=O)C(OC(=O)COC(=O)CC(N)C(N)=O)C(NC(=O)OC(C)(C)C)C4CC4)CC(O)(C(OC(=O)c4ccccc4)C21)C3(C)C. The highest BCUT2D eigenvalue weighted by Gasteiger charge is 2.79. The molecular formula is C46H61N3O18. The zero-order valence-electron chi connectivity index (χ0n) is 38.8. The molecule has 0 spiro atoms. The van der Waals surface area contributed by atoms with Crippen LogP contribution in [0, 0.1) is 34.5 Å². The second-order valence-electron chi connectivity index (χ2n) is 20.2. The van der Waals surface area contributed by atoms with Crippen LogP contribution < -0.4 is 16.8 Å². The van der Waals surface area contributed by atoms with Crippen LogP contribution in [0.2, 0.25) is 0 Å². The van der Waals surface area contributed by atoms with Crippen LogP contribution in [0.25, 0.3) is 0 Å². The monoisotopic (exact) mass is 943 g/mol. The smallest absolute Gasteiger partial charge is 0.408 e. The minimum atomic E-state index is -2.47. The molecule has 13 unspecified atom stereocenters. The fourth-order valence-electron chi connectivity index (χ4n) is 10.6. The number of esters is 5. The van der Waals surface area contributed by atoms with Gasteiger partial charge in [0.05, 0.1) is 48.1 Å². The number of amides is 2. The fraction of sp³-hybridized carbons (Fsp3) is 0.674. The van der Waals surface area contributed by atoms with E-state index in [1.807, 2.05) is 0 Å². The van der Waals surface area contributed by atoms with Crippen LogP contribution in [-0.2, 0) is 66.7 Å². The largest absolute Gasteiger partial charge is 0.459 e. The second kappa shape index (κ2) is 18.5. The molecule has 1 saturated heterocycles. The molecule has 7 N–H and O–H groups in total. The van der Waals surface area contributed by atoms with Crippen LogP contribution in [0.5, 0.6) is 0 Å². The molecule has 1 aliphatic heterocycles. The van der Waals surface area contributed by atoms with Crippen molar-refractivity contribution in [1.29, 1.82) is 0 Å². The number of primary amides is 1. The van der Waals surface area contributed by atoms with Crippen LogP contribution in [0.15, 0.2) is 30.3 Å². The number of nitrogens with one attached hydrogen (secondary N) is 1. The number of nitrogens with two attached hydrogens (primary N) is 2. The summed E-state index contributed by atoms with van der Waals surface area (Å²) in [5.41, 5.74) is 1.50. The molecular weight excluding hydrogens is 883 g/mol. The summed E-state index contributed by atoms with van der Waals surface area (Å²) in [5.74, 6) is -13.4. The lowest BCUT2D eigenvalue weighted by Gasteiger charge is -2.67. The summed E-state index contributed by atoms with van der Waals surface area (Å²) in [4.78, 5) is 122. The minimum Gasteiger partial charge on any atom is -0.459 e. The van der Waals surface area contributed by atoms with E-state index < -0.39 is 167 Å². The summed E-state index contributed by atoms with van der Waals surface area (Å²) in [7, 11) is 0. The number of carbonyl (C=O) groups excluding carboxylic acids is 9. The molecule has 5 aliphatic rings. The van der Waals surface area contributed by atoms with E-state index in [0.717, 1.165) is 6.92 Å². The van der Waals surface area contributed by atoms with Crippen molar-refractivity contribution in [3.8, 4) is 0 Å². The van der Waals surface area contributed by atoms with Crippen molar-refractivity contribution in [2.24, 2.45) is 46.0 Å². The Labute approximate surface area is 386 Å². The first-order chi connectivity index (χ1) is 31.1. The standard InChI is InChI=1S/C46H61N3O18/c1-21-26(63-40(58)34(32(23-14-15-23)49-41(59)67-42(3,4)5)64-30(53)19-61-29(52)16-25(47)38(48)56)18-46(60)37(65-39(57)24-12-10-9-11-13-24)35-44(8,36(55)33(54)31(21)43(46,6)7)27(51)17-28-45(35,20-62-28)66-22(2)50/h9-13,21,23,25-28,31-32,34-35,37,51,60H,14-20,47H2,1-8H3,(H2,48,56)(H,49,59). The average Bonchev–Trinajstić information content (AvgIpc) is 4.08. The van der Waals surface area contributed by atoms with Gasteiger partial charge in [-0.05, 0) is 58.6 Å². The fourth-order valence-corrected chi connectivity index (χ4v) is 10.6. The minimum absolute atomic E-state index is 0.0211. The zero-order valence-corrected chi connectivity index (χ0v) is 38.8. The van der Waals surface area contributed by atoms with Gasteiger partial charge in [0.2, 0.25) is 23.6 Å². The molecule has 13 atom stereocenters. The number of rotatable bonds is 14. The van der Waals surface area contributed by atoms with Gasteiger partial charge >= 0.3 is 35.9 Å². The van der Waals surface area contributed by atoms with E-state index in [9.17, 15) is 48.6 Å². The molecule has 4 aliphatic carbocycles. The molecule has 2 bridgehead atoms. The predicted octanol–water partition coefficient (Wildman–Crippen LogP) is 0.738. The van der Waals surface area contributed by atoms with Crippen LogP contribution in [0.1, 0.15) is 97.9 Å². The molecule has 21 heteroatoms. The van der Waals surface area contributed by atoms with Gasteiger partial charge in [-0.3, -0.25) is 24.0 Å². The molecule has 368 valence electrons.